The topological polar surface area (TPSA) is 34.1 Å². The van der Waals surface area contributed by atoms with Crippen molar-refractivity contribution < 1.29 is 8.42 Å². The summed E-state index contributed by atoms with van der Waals surface area (Å²) in [5, 5.41) is 0. The van der Waals surface area contributed by atoms with Crippen LogP contribution in [0.3, 0.4) is 0 Å². The SMILES string of the molecule is C/C(=C/C(C)C)C(C)CS(=O)(=O)CC(C)(C)c1ccccc1. The maximum absolute atomic E-state index is 12.6. The summed E-state index contributed by atoms with van der Waals surface area (Å²) >= 11 is 0. The van der Waals surface area contributed by atoms with Crippen molar-refractivity contribution in [3.63, 3.8) is 0 Å². The van der Waals surface area contributed by atoms with Gasteiger partial charge in [-0.25, -0.2) is 8.42 Å². The molecule has 1 unspecified atom stereocenters. The first-order valence-corrected chi connectivity index (χ1v) is 9.80. The molecule has 0 heterocycles. The van der Waals surface area contributed by atoms with Crippen molar-refractivity contribution in [2.75, 3.05) is 11.5 Å². The van der Waals surface area contributed by atoms with Crippen LogP contribution in [0.4, 0.5) is 0 Å². The maximum Gasteiger partial charge on any atom is 0.151 e. The van der Waals surface area contributed by atoms with Crippen LogP contribution >= 0.6 is 0 Å². The normalized spacial score (nSPS) is 15.1. The molecule has 2 nitrogen and oxygen atoms in total. The lowest BCUT2D eigenvalue weighted by atomic mass is 9.87. The summed E-state index contributed by atoms with van der Waals surface area (Å²) in [6, 6.07) is 9.88. The van der Waals surface area contributed by atoms with Crippen LogP contribution in [0.15, 0.2) is 42.0 Å². The van der Waals surface area contributed by atoms with E-state index in [1.807, 2.05) is 58.0 Å². The summed E-state index contributed by atoms with van der Waals surface area (Å²) in [5.41, 5.74) is 1.87. The molecule has 22 heavy (non-hydrogen) atoms. The first-order chi connectivity index (χ1) is 10.0. The minimum absolute atomic E-state index is 0.0685. The molecule has 0 N–H and O–H groups in total. The molecule has 0 amide bonds. The van der Waals surface area contributed by atoms with Crippen molar-refractivity contribution in [3.05, 3.63) is 47.5 Å². The highest BCUT2D eigenvalue weighted by Gasteiger charge is 2.29. The van der Waals surface area contributed by atoms with Gasteiger partial charge >= 0.3 is 0 Å². The highest BCUT2D eigenvalue weighted by molar-refractivity contribution is 7.91. The van der Waals surface area contributed by atoms with E-state index in [0.717, 1.165) is 11.1 Å². The van der Waals surface area contributed by atoms with E-state index in [0.29, 0.717) is 5.92 Å². The van der Waals surface area contributed by atoms with E-state index in [-0.39, 0.29) is 22.8 Å². The molecule has 1 rings (SSSR count). The second-order valence-corrected chi connectivity index (χ2v) is 9.47. The highest BCUT2D eigenvalue weighted by Crippen LogP contribution is 2.26. The predicted molar refractivity (Wildman–Crippen MR) is 95.9 cm³/mol. The van der Waals surface area contributed by atoms with Crippen LogP contribution in [0.2, 0.25) is 0 Å². The minimum atomic E-state index is -3.11. The lowest BCUT2D eigenvalue weighted by Crippen LogP contribution is -2.31. The molecule has 0 aliphatic heterocycles. The Bertz CT molecular complexity index is 596. The van der Waals surface area contributed by atoms with Gasteiger partial charge in [-0.3, -0.25) is 0 Å². The molecule has 0 saturated heterocycles. The zero-order chi connectivity index (χ0) is 17.0. The van der Waals surface area contributed by atoms with E-state index < -0.39 is 9.84 Å². The molecule has 1 atom stereocenters. The fourth-order valence-electron chi connectivity index (χ4n) is 2.78. The Labute approximate surface area is 136 Å². The number of hydrogen-bond donors (Lipinski definition) is 0. The van der Waals surface area contributed by atoms with E-state index in [2.05, 4.69) is 19.9 Å². The van der Waals surface area contributed by atoms with Gasteiger partial charge in [-0.1, -0.05) is 76.6 Å². The van der Waals surface area contributed by atoms with Crippen molar-refractivity contribution in [1.29, 1.82) is 0 Å². The van der Waals surface area contributed by atoms with Crippen molar-refractivity contribution in [1.82, 2.24) is 0 Å². The van der Waals surface area contributed by atoms with Crippen molar-refractivity contribution >= 4 is 9.84 Å². The van der Waals surface area contributed by atoms with E-state index >= 15 is 0 Å². The van der Waals surface area contributed by atoms with Crippen LogP contribution in [0.5, 0.6) is 0 Å². The molecule has 0 saturated carbocycles. The number of sulfone groups is 1. The Morgan fingerprint density at radius 3 is 2.18 bits per heavy atom. The van der Waals surface area contributed by atoms with E-state index in [1.165, 1.54) is 0 Å². The van der Waals surface area contributed by atoms with Crippen LogP contribution in [0, 0.1) is 11.8 Å². The Morgan fingerprint density at radius 2 is 1.68 bits per heavy atom. The molecule has 0 spiro atoms. The van der Waals surface area contributed by atoms with Gasteiger partial charge in [-0.15, -0.1) is 0 Å². The summed E-state index contributed by atoms with van der Waals surface area (Å²) in [7, 11) is -3.11. The Morgan fingerprint density at radius 1 is 1.14 bits per heavy atom. The number of hydrogen-bond acceptors (Lipinski definition) is 2. The Balaban J connectivity index is 2.84. The number of allylic oxidation sites excluding steroid dienone is 2. The predicted octanol–water partition coefficient (Wildman–Crippen LogP) is 4.62. The van der Waals surface area contributed by atoms with Gasteiger partial charge in [0.1, 0.15) is 0 Å². The molecule has 0 aliphatic carbocycles. The maximum atomic E-state index is 12.6. The largest absolute Gasteiger partial charge is 0.229 e. The quantitative estimate of drug-likeness (QED) is 0.687. The first kappa shape index (κ1) is 19.0. The summed E-state index contributed by atoms with van der Waals surface area (Å²) in [4.78, 5) is 0. The molecule has 1 aromatic carbocycles. The summed E-state index contributed by atoms with van der Waals surface area (Å²) in [6.07, 6.45) is 2.16. The van der Waals surface area contributed by atoms with Gasteiger partial charge in [0.15, 0.2) is 9.84 Å². The van der Waals surface area contributed by atoms with Crippen LogP contribution < -0.4 is 0 Å². The van der Waals surface area contributed by atoms with Gasteiger partial charge in [0, 0.05) is 5.41 Å². The third-order valence-electron chi connectivity index (χ3n) is 4.01. The molecule has 0 bridgehead atoms. The van der Waals surface area contributed by atoms with Crippen LogP contribution in [0.25, 0.3) is 0 Å². The van der Waals surface area contributed by atoms with E-state index in [4.69, 9.17) is 0 Å². The lowest BCUT2D eigenvalue weighted by Gasteiger charge is -2.26. The third-order valence-corrected chi connectivity index (χ3v) is 6.18. The number of rotatable bonds is 7. The van der Waals surface area contributed by atoms with Gasteiger partial charge in [-0.2, -0.15) is 0 Å². The van der Waals surface area contributed by atoms with Crippen LogP contribution in [-0.4, -0.2) is 19.9 Å². The molecule has 0 aliphatic rings. The second-order valence-electron chi connectivity index (χ2n) is 7.36. The fraction of sp³-hybridized carbons (Fsp3) is 0.579. The van der Waals surface area contributed by atoms with Gasteiger partial charge in [-0.05, 0) is 24.3 Å². The average molecular weight is 323 g/mol. The van der Waals surface area contributed by atoms with Crippen molar-refractivity contribution in [2.45, 2.75) is 47.0 Å². The Kier molecular flexibility index (Phi) is 6.42. The summed E-state index contributed by atoms with van der Waals surface area (Å²) in [5.74, 6) is 0.923. The third kappa shape index (κ3) is 5.96. The zero-order valence-corrected chi connectivity index (χ0v) is 15.6. The van der Waals surface area contributed by atoms with Crippen LogP contribution in [-0.2, 0) is 15.3 Å². The minimum Gasteiger partial charge on any atom is -0.229 e. The smallest absolute Gasteiger partial charge is 0.151 e. The molecule has 3 heteroatoms. The van der Waals surface area contributed by atoms with E-state index in [1.54, 1.807) is 0 Å². The van der Waals surface area contributed by atoms with Gasteiger partial charge in [0.2, 0.25) is 0 Å². The highest BCUT2D eigenvalue weighted by atomic mass is 32.2. The fourth-order valence-corrected chi connectivity index (χ4v) is 5.19. The van der Waals surface area contributed by atoms with Crippen LogP contribution in [0.1, 0.15) is 47.1 Å². The molecule has 1 aromatic rings. The Hall–Kier alpha value is -1.09. The van der Waals surface area contributed by atoms with Gasteiger partial charge in [0.25, 0.3) is 0 Å². The van der Waals surface area contributed by atoms with Crippen molar-refractivity contribution in [3.8, 4) is 0 Å². The molecule has 124 valence electrons. The first-order valence-electron chi connectivity index (χ1n) is 7.98. The molecule has 0 aromatic heterocycles. The average Bonchev–Trinajstić information content (AvgIpc) is 2.37. The molecule has 0 radical (unpaired) electrons. The standard InChI is InChI=1S/C19H30O2S/c1-15(2)12-16(3)17(4)13-22(20,21)14-19(5,6)18-10-8-7-9-11-18/h7-12,15,17H,13-14H2,1-6H3/b16-12-. The lowest BCUT2D eigenvalue weighted by molar-refractivity contribution is 0.541. The molecular formula is C19H30O2S. The summed E-state index contributed by atoms with van der Waals surface area (Å²) in [6.45, 7) is 12.3. The second kappa shape index (κ2) is 7.45. The van der Waals surface area contributed by atoms with Gasteiger partial charge in [0.05, 0.1) is 11.5 Å². The van der Waals surface area contributed by atoms with Crippen molar-refractivity contribution in [2.24, 2.45) is 11.8 Å². The number of benzene rings is 1. The van der Waals surface area contributed by atoms with E-state index in [9.17, 15) is 8.42 Å². The zero-order valence-electron chi connectivity index (χ0n) is 14.8. The van der Waals surface area contributed by atoms with Gasteiger partial charge < -0.3 is 0 Å². The molecule has 0 fully saturated rings. The summed E-state index contributed by atoms with van der Waals surface area (Å²) < 4.78 is 25.2. The molecular weight excluding hydrogens is 292 g/mol. The monoisotopic (exact) mass is 322 g/mol.